The van der Waals surface area contributed by atoms with Crippen molar-refractivity contribution in [3.05, 3.63) is 36.0 Å². The van der Waals surface area contributed by atoms with Gasteiger partial charge in [0, 0.05) is 46.6 Å². The van der Waals surface area contributed by atoms with Crippen LogP contribution in [0.3, 0.4) is 0 Å². The van der Waals surface area contributed by atoms with Crippen molar-refractivity contribution < 1.29 is 43.2 Å². The molecule has 3 rings (SSSR count). The molecule has 0 aromatic heterocycles. The number of carbonyl (C=O) groups is 4. The number of hydrogen-bond donors (Lipinski definition) is 2. The van der Waals surface area contributed by atoms with E-state index >= 15 is 0 Å². The molecule has 0 aliphatic carbocycles. The van der Waals surface area contributed by atoms with E-state index in [4.69, 9.17) is 18.9 Å². The fourth-order valence-electron chi connectivity index (χ4n) is 5.89. The van der Waals surface area contributed by atoms with Gasteiger partial charge in [-0.3, -0.25) is 19.2 Å². The highest BCUT2D eigenvalue weighted by Crippen LogP contribution is 2.43. The Morgan fingerprint density at radius 3 is 2.36 bits per heavy atom. The second-order valence-corrected chi connectivity index (χ2v) is 13.7. The van der Waals surface area contributed by atoms with Gasteiger partial charge in [-0.05, 0) is 45.6 Å². The van der Waals surface area contributed by atoms with Crippen LogP contribution in [0.25, 0.3) is 0 Å². The molecule has 3 aliphatic rings. The first kappa shape index (κ1) is 38.9. The molecular weight excluding hydrogens is 674 g/mol. The van der Waals surface area contributed by atoms with Crippen LogP contribution < -0.4 is 5.32 Å². The highest BCUT2D eigenvalue weighted by molar-refractivity contribution is 9.09. The van der Waals surface area contributed by atoms with Gasteiger partial charge >= 0.3 is 5.97 Å². The van der Waals surface area contributed by atoms with Crippen molar-refractivity contribution >= 4 is 39.6 Å². The van der Waals surface area contributed by atoms with Gasteiger partial charge in [0.15, 0.2) is 0 Å². The number of amides is 3. The summed E-state index contributed by atoms with van der Waals surface area (Å²) in [7, 11) is 3.41. The molecule has 3 aliphatic heterocycles. The third kappa shape index (κ3) is 11.8. The Balaban J connectivity index is 1.50. The van der Waals surface area contributed by atoms with Crippen LogP contribution in [0.2, 0.25) is 0 Å². The number of aliphatic hydroxyl groups excluding tert-OH is 1. The van der Waals surface area contributed by atoms with Gasteiger partial charge in [-0.1, -0.05) is 46.7 Å². The largest absolute Gasteiger partial charge is 0.459 e. The first-order chi connectivity index (χ1) is 22.1. The summed E-state index contributed by atoms with van der Waals surface area (Å²) in [5, 5.41) is 14.2. The van der Waals surface area contributed by atoms with Gasteiger partial charge in [-0.15, -0.1) is 0 Å². The lowest BCUT2D eigenvalue weighted by Crippen LogP contribution is -2.51. The van der Waals surface area contributed by atoms with Gasteiger partial charge in [0.1, 0.15) is 23.9 Å². The van der Waals surface area contributed by atoms with E-state index in [9.17, 15) is 24.3 Å². The van der Waals surface area contributed by atoms with Crippen LogP contribution in [0.15, 0.2) is 36.0 Å². The summed E-state index contributed by atoms with van der Waals surface area (Å²) in [6.07, 6.45) is 8.25. The smallest absolute Gasteiger partial charge is 0.303 e. The molecule has 0 radical (unpaired) electrons. The quantitative estimate of drug-likeness (QED) is 0.0907. The number of aliphatic hydroxyl groups is 1. The zero-order chi connectivity index (χ0) is 34.9. The van der Waals surface area contributed by atoms with E-state index in [-0.39, 0.29) is 53.6 Å². The summed E-state index contributed by atoms with van der Waals surface area (Å²) < 4.78 is 23.2. The average Bonchev–Trinajstić information content (AvgIpc) is 3.79. The van der Waals surface area contributed by atoms with Crippen LogP contribution in [0, 0.1) is 5.92 Å². The molecule has 12 nitrogen and oxygen atoms in total. The number of epoxide rings is 1. The van der Waals surface area contributed by atoms with Crippen molar-refractivity contribution in [1.29, 1.82) is 0 Å². The molecule has 13 heteroatoms. The van der Waals surface area contributed by atoms with Gasteiger partial charge in [0.25, 0.3) is 0 Å². The van der Waals surface area contributed by atoms with Crippen molar-refractivity contribution in [3.63, 3.8) is 0 Å². The lowest BCUT2D eigenvalue weighted by Gasteiger charge is -2.39. The normalized spacial score (nSPS) is 31.5. The zero-order valence-electron chi connectivity index (χ0n) is 28.6. The number of ether oxygens (including phenoxy) is 4. The highest BCUT2D eigenvalue weighted by atomic mass is 79.9. The van der Waals surface area contributed by atoms with E-state index in [2.05, 4.69) is 34.2 Å². The Morgan fingerprint density at radius 2 is 1.74 bits per heavy atom. The molecule has 9 atom stereocenters. The third-order valence-electron chi connectivity index (χ3n) is 9.06. The number of likely N-dealkylation sites (N-methyl/N-ethyl adjacent to an activating group) is 2. The van der Waals surface area contributed by atoms with Crippen molar-refractivity contribution in [3.8, 4) is 0 Å². The summed E-state index contributed by atoms with van der Waals surface area (Å²) in [6, 6.07) is -0.140. The van der Waals surface area contributed by atoms with Crippen LogP contribution >= 0.6 is 15.9 Å². The van der Waals surface area contributed by atoms with Crippen LogP contribution in [0.5, 0.6) is 0 Å². The third-order valence-corrected chi connectivity index (χ3v) is 9.54. The van der Waals surface area contributed by atoms with Gasteiger partial charge in [0.05, 0.1) is 42.7 Å². The van der Waals surface area contributed by atoms with E-state index < -0.39 is 36.0 Å². The first-order valence-electron chi connectivity index (χ1n) is 16.3. The van der Waals surface area contributed by atoms with Crippen molar-refractivity contribution in [2.75, 3.05) is 39.1 Å². The number of alkyl halides is 1. The number of allylic oxidation sites excluding steroid dienone is 2. The summed E-state index contributed by atoms with van der Waals surface area (Å²) in [5.41, 5.74) is 0.290. The number of carbonyl (C=O) groups excluding carboxylic acids is 4. The number of hydrogen-bond acceptors (Lipinski definition) is 9. The van der Waals surface area contributed by atoms with Crippen LogP contribution in [0.4, 0.5) is 0 Å². The molecule has 3 fully saturated rings. The maximum atomic E-state index is 12.9. The maximum Gasteiger partial charge on any atom is 0.303 e. The fraction of sp³-hybridized carbons (Fsp3) is 0.706. The van der Waals surface area contributed by atoms with Gasteiger partial charge < -0.3 is 39.2 Å². The lowest BCUT2D eigenvalue weighted by molar-refractivity contribution is -0.150. The number of rotatable bonds is 14. The van der Waals surface area contributed by atoms with Crippen molar-refractivity contribution in [2.45, 2.75) is 109 Å². The van der Waals surface area contributed by atoms with E-state index in [1.807, 2.05) is 26.0 Å². The zero-order valence-corrected chi connectivity index (χ0v) is 30.2. The summed E-state index contributed by atoms with van der Waals surface area (Å²) in [4.78, 5) is 51.4. The van der Waals surface area contributed by atoms with Crippen LogP contribution in [0.1, 0.15) is 60.3 Å². The van der Waals surface area contributed by atoms with Crippen molar-refractivity contribution in [2.24, 2.45) is 5.92 Å². The molecule has 264 valence electrons. The minimum atomic E-state index is -0.839. The molecule has 47 heavy (non-hydrogen) atoms. The second-order valence-electron chi connectivity index (χ2n) is 13.1. The molecule has 3 amide bonds. The van der Waals surface area contributed by atoms with Gasteiger partial charge in [0.2, 0.25) is 17.7 Å². The Bertz CT molecular complexity index is 1200. The fourth-order valence-corrected chi connectivity index (χ4v) is 6.32. The number of esters is 1. The summed E-state index contributed by atoms with van der Waals surface area (Å²) in [5.74, 6) is -0.604. The van der Waals surface area contributed by atoms with Crippen LogP contribution in [-0.4, -0.2) is 126 Å². The topological polar surface area (TPSA) is 147 Å². The number of nitrogens with zero attached hydrogens (tertiary/aromatic N) is 2. The van der Waals surface area contributed by atoms with Crippen molar-refractivity contribution in [1.82, 2.24) is 15.1 Å². The lowest BCUT2D eigenvalue weighted by atomic mass is 9.87. The van der Waals surface area contributed by atoms with Gasteiger partial charge in [-0.2, -0.15) is 0 Å². The van der Waals surface area contributed by atoms with E-state index in [0.29, 0.717) is 32.5 Å². The Kier molecular flexibility index (Phi) is 14.6. The second kappa shape index (κ2) is 17.7. The predicted octanol–water partition coefficient (Wildman–Crippen LogP) is 2.67. The standard InChI is InChI=1S/C34H52BrN3O9/c1-21(8-11-28-22(2)16-27(24(4)46-28)36-30(40)13-10-23(3)45-25(5)39)9-12-29-33(43)34(20-44-34)18-26(47-29)17-31(41)37(6)14-15-38(7)32(42)19-35/h8-10,12-13,22-24,26-29,33,43H,11,14-20H2,1-7H3,(H,36,40)/b12-9+,13-10-,21-8+/t22-,23-,24+,26+,27+,28-,29+,33+,34?/m0/s1. The minimum Gasteiger partial charge on any atom is -0.459 e. The van der Waals surface area contributed by atoms with E-state index in [1.54, 1.807) is 36.9 Å². The number of halogens is 1. The monoisotopic (exact) mass is 725 g/mol. The molecular formula is C34H52BrN3O9. The average molecular weight is 727 g/mol. The molecule has 0 aromatic rings. The predicted molar refractivity (Wildman–Crippen MR) is 180 cm³/mol. The Hall–Kier alpha value is -2.58. The molecule has 0 bridgehead atoms. The Morgan fingerprint density at radius 1 is 1.09 bits per heavy atom. The first-order valence-corrected chi connectivity index (χ1v) is 17.4. The minimum absolute atomic E-state index is 0.0227. The molecule has 3 saturated heterocycles. The Labute approximate surface area is 287 Å². The number of nitrogens with one attached hydrogen (secondary N) is 1. The van der Waals surface area contributed by atoms with Gasteiger partial charge in [-0.25, -0.2) is 0 Å². The molecule has 2 N–H and O–H groups in total. The molecule has 3 heterocycles. The highest BCUT2D eigenvalue weighted by Gasteiger charge is 2.58. The molecule has 0 aromatic carbocycles. The molecule has 1 unspecified atom stereocenters. The molecule has 0 saturated carbocycles. The summed E-state index contributed by atoms with van der Waals surface area (Å²) >= 11 is 3.16. The summed E-state index contributed by atoms with van der Waals surface area (Å²) in [6.45, 7) is 10.3. The van der Waals surface area contributed by atoms with E-state index in [0.717, 1.165) is 12.0 Å². The van der Waals surface area contributed by atoms with Crippen LogP contribution in [-0.2, 0) is 38.1 Å². The van der Waals surface area contributed by atoms with E-state index in [1.165, 1.54) is 13.0 Å². The SMILES string of the molecule is CC(=O)O[C@@H](C)/C=C\C(=O)N[C@@H]1C[C@H](C)[C@H](C/C=C(C)/C=C/[C@H]2O[C@H](CC(=O)N(C)CCN(C)C(=O)CBr)CC3(CO3)[C@@H]2O)O[C@@H]1C. The maximum absolute atomic E-state index is 12.9. The molecule has 1 spiro atoms.